The standard InChI is InChI=1S/C7H5BrF2INO/c8-3-1-4(11)6(7(9)10)12-5(3)2-13/h1,7,13H,2H2. The van der Waals surface area contributed by atoms with E-state index in [4.69, 9.17) is 5.11 Å². The predicted molar refractivity (Wildman–Crippen MR) is 55.5 cm³/mol. The van der Waals surface area contributed by atoms with Crippen LogP contribution in [0.25, 0.3) is 0 Å². The van der Waals surface area contributed by atoms with Crippen molar-refractivity contribution in [3.05, 3.63) is 25.5 Å². The van der Waals surface area contributed by atoms with Crippen LogP contribution in [0.2, 0.25) is 0 Å². The summed E-state index contributed by atoms with van der Waals surface area (Å²) in [6.07, 6.45) is -2.61. The fraction of sp³-hybridized carbons (Fsp3) is 0.286. The lowest BCUT2D eigenvalue weighted by Crippen LogP contribution is -2.00. The monoisotopic (exact) mass is 363 g/mol. The molecule has 0 aliphatic heterocycles. The summed E-state index contributed by atoms with van der Waals surface area (Å²) in [4.78, 5) is 3.64. The summed E-state index contributed by atoms with van der Waals surface area (Å²) in [7, 11) is 0. The smallest absolute Gasteiger partial charge is 0.281 e. The van der Waals surface area contributed by atoms with Gasteiger partial charge < -0.3 is 5.11 Å². The second-order valence-corrected chi connectivity index (χ2v) is 4.26. The minimum atomic E-state index is -2.61. The largest absolute Gasteiger partial charge is 0.390 e. The predicted octanol–water partition coefficient (Wildman–Crippen LogP) is 2.88. The van der Waals surface area contributed by atoms with Crippen molar-refractivity contribution in [3.63, 3.8) is 0 Å². The van der Waals surface area contributed by atoms with E-state index >= 15 is 0 Å². The van der Waals surface area contributed by atoms with Gasteiger partial charge in [0.25, 0.3) is 6.43 Å². The Kier molecular flexibility index (Phi) is 3.99. The molecule has 0 radical (unpaired) electrons. The van der Waals surface area contributed by atoms with E-state index in [1.54, 1.807) is 22.6 Å². The zero-order valence-corrected chi connectivity index (χ0v) is 10.0. The summed E-state index contributed by atoms with van der Waals surface area (Å²) >= 11 is 4.90. The number of alkyl halides is 2. The highest BCUT2D eigenvalue weighted by molar-refractivity contribution is 14.1. The molecule has 72 valence electrons. The molecule has 0 unspecified atom stereocenters. The summed E-state index contributed by atoms with van der Waals surface area (Å²) in [6.45, 7) is -0.350. The van der Waals surface area contributed by atoms with E-state index < -0.39 is 6.43 Å². The van der Waals surface area contributed by atoms with Gasteiger partial charge in [0.2, 0.25) is 0 Å². The van der Waals surface area contributed by atoms with Crippen molar-refractivity contribution in [1.29, 1.82) is 0 Å². The van der Waals surface area contributed by atoms with Crippen LogP contribution < -0.4 is 0 Å². The molecule has 0 aliphatic carbocycles. The molecule has 0 fully saturated rings. The summed E-state index contributed by atoms with van der Waals surface area (Å²) < 4.78 is 25.6. The molecule has 0 spiro atoms. The van der Waals surface area contributed by atoms with Crippen LogP contribution in [0.3, 0.4) is 0 Å². The van der Waals surface area contributed by atoms with Gasteiger partial charge in [-0.25, -0.2) is 13.8 Å². The van der Waals surface area contributed by atoms with E-state index in [9.17, 15) is 8.78 Å². The third kappa shape index (κ3) is 2.57. The van der Waals surface area contributed by atoms with Gasteiger partial charge in [-0.3, -0.25) is 0 Å². The third-order valence-corrected chi connectivity index (χ3v) is 2.94. The molecule has 6 heteroatoms. The minimum Gasteiger partial charge on any atom is -0.390 e. The quantitative estimate of drug-likeness (QED) is 0.819. The number of aliphatic hydroxyl groups is 1. The second kappa shape index (κ2) is 4.61. The first kappa shape index (κ1) is 11.3. The molecule has 0 aliphatic rings. The Morgan fingerprint density at radius 3 is 2.69 bits per heavy atom. The first-order valence-electron chi connectivity index (χ1n) is 3.30. The molecular formula is C7H5BrF2INO. The van der Waals surface area contributed by atoms with E-state index in [2.05, 4.69) is 20.9 Å². The Bertz CT molecular complexity index is 322. The fourth-order valence-electron chi connectivity index (χ4n) is 0.785. The van der Waals surface area contributed by atoms with Gasteiger partial charge in [-0.2, -0.15) is 0 Å². The van der Waals surface area contributed by atoms with Crippen molar-refractivity contribution in [2.24, 2.45) is 0 Å². The van der Waals surface area contributed by atoms with Crippen LogP contribution in [0, 0.1) is 3.57 Å². The van der Waals surface area contributed by atoms with Gasteiger partial charge in [0.1, 0.15) is 5.69 Å². The number of hydrogen-bond donors (Lipinski definition) is 1. The number of rotatable bonds is 2. The average Bonchev–Trinajstić information content (AvgIpc) is 2.03. The summed E-state index contributed by atoms with van der Waals surface area (Å²) in [5.74, 6) is 0. The van der Waals surface area contributed by atoms with E-state index in [0.717, 1.165) is 0 Å². The first-order chi connectivity index (χ1) is 6.06. The molecule has 2 nitrogen and oxygen atoms in total. The normalized spacial score (nSPS) is 10.9. The van der Waals surface area contributed by atoms with Crippen molar-refractivity contribution in [2.45, 2.75) is 13.0 Å². The molecule has 0 amide bonds. The van der Waals surface area contributed by atoms with Crippen molar-refractivity contribution in [1.82, 2.24) is 4.98 Å². The SMILES string of the molecule is OCc1nc(C(F)F)c(I)cc1Br. The van der Waals surface area contributed by atoms with Crippen LogP contribution in [-0.4, -0.2) is 10.1 Å². The highest BCUT2D eigenvalue weighted by Crippen LogP contribution is 2.26. The maximum absolute atomic E-state index is 12.3. The lowest BCUT2D eigenvalue weighted by atomic mass is 10.3. The minimum absolute atomic E-state index is 0.232. The van der Waals surface area contributed by atoms with E-state index in [0.29, 0.717) is 8.04 Å². The number of halogens is 4. The Labute approximate surface area is 95.6 Å². The molecule has 0 aromatic carbocycles. The zero-order valence-electron chi connectivity index (χ0n) is 6.27. The molecule has 1 aromatic rings. The molecule has 0 saturated carbocycles. The van der Waals surface area contributed by atoms with Gasteiger partial charge in [-0.05, 0) is 44.6 Å². The molecule has 1 heterocycles. The van der Waals surface area contributed by atoms with E-state index in [1.807, 2.05) is 0 Å². The summed E-state index contributed by atoms with van der Waals surface area (Å²) in [5, 5.41) is 8.78. The molecule has 13 heavy (non-hydrogen) atoms. The van der Waals surface area contributed by atoms with Gasteiger partial charge in [0.05, 0.1) is 12.3 Å². The number of pyridine rings is 1. The van der Waals surface area contributed by atoms with Crippen LogP contribution in [0.15, 0.2) is 10.5 Å². The van der Waals surface area contributed by atoms with Crippen LogP contribution in [0.1, 0.15) is 17.8 Å². The number of nitrogens with zero attached hydrogens (tertiary/aromatic N) is 1. The highest BCUT2D eigenvalue weighted by atomic mass is 127. The van der Waals surface area contributed by atoms with Crippen LogP contribution in [0.4, 0.5) is 8.78 Å². The molecule has 0 atom stereocenters. The molecule has 0 bridgehead atoms. The lowest BCUT2D eigenvalue weighted by Gasteiger charge is -2.06. The zero-order chi connectivity index (χ0) is 10.0. The average molecular weight is 364 g/mol. The Hall–Kier alpha value is 0.180. The summed E-state index contributed by atoms with van der Waals surface area (Å²) in [6, 6.07) is 1.51. The van der Waals surface area contributed by atoms with Crippen molar-refractivity contribution >= 4 is 38.5 Å². The van der Waals surface area contributed by atoms with Crippen molar-refractivity contribution in [3.8, 4) is 0 Å². The number of aliphatic hydroxyl groups excluding tert-OH is 1. The van der Waals surface area contributed by atoms with E-state index in [1.165, 1.54) is 6.07 Å². The second-order valence-electron chi connectivity index (χ2n) is 2.24. The van der Waals surface area contributed by atoms with Crippen molar-refractivity contribution in [2.75, 3.05) is 0 Å². The van der Waals surface area contributed by atoms with Gasteiger partial charge in [0, 0.05) is 8.04 Å². The lowest BCUT2D eigenvalue weighted by molar-refractivity contribution is 0.144. The third-order valence-electron chi connectivity index (χ3n) is 1.39. The maximum Gasteiger partial charge on any atom is 0.281 e. The molecule has 0 saturated heterocycles. The number of hydrogen-bond acceptors (Lipinski definition) is 2. The molecule has 1 rings (SSSR count). The molecule has 1 N–H and O–H groups in total. The highest BCUT2D eigenvalue weighted by Gasteiger charge is 2.15. The first-order valence-corrected chi connectivity index (χ1v) is 5.17. The van der Waals surface area contributed by atoms with Crippen LogP contribution >= 0.6 is 38.5 Å². The number of aromatic nitrogens is 1. The van der Waals surface area contributed by atoms with Gasteiger partial charge in [-0.1, -0.05) is 0 Å². The van der Waals surface area contributed by atoms with E-state index in [-0.39, 0.29) is 18.0 Å². The Morgan fingerprint density at radius 1 is 1.62 bits per heavy atom. The van der Waals surface area contributed by atoms with Crippen LogP contribution in [-0.2, 0) is 6.61 Å². The Morgan fingerprint density at radius 2 is 2.23 bits per heavy atom. The fourth-order valence-corrected chi connectivity index (χ4v) is 2.32. The van der Waals surface area contributed by atoms with Gasteiger partial charge in [-0.15, -0.1) is 0 Å². The Balaban J connectivity index is 3.22. The van der Waals surface area contributed by atoms with Crippen LogP contribution in [0.5, 0.6) is 0 Å². The maximum atomic E-state index is 12.3. The topological polar surface area (TPSA) is 33.1 Å². The molecular weight excluding hydrogens is 359 g/mol. The van der Waals surface area contributed by atoms with Gasteiger partial charge >= 0.3 is 0 Å². The summed E-state index contributed by atoms with van der Waals surface area (Å²) in [5.41, 5.74) is -0.0523. The van der Waals surface area contributed by atoms with Crippen molar-refractivity contribution < 1.29 is 13.9 Å². The molecule has 1 aromatic heterocycles. The van der Waals surface area contributed by atoms with Gasteiger partial charge in [0.15, 0.2) is 0 Å².